The smallest absolute Gasteiger partial charge is 0.258 e. The maximum atomic E-state index is 14.5. The third-order valence-electron chi connectivity index (χ3n) is 6.61. The molecule has 0 radical (unpaired) electrons. The number of hydrogen-bond acceptors (Lipinski definition) is 6. The molecule has 4 rings (SSSR count). The predicted molar refractivity (Wildman–Crippen MR) is 161 cm³/mol. The fraction of sp³-hybridized carbons (Fsp3) is 0.125. The van der Waals surface area contributed by atoms with Crippen LogP contribution in [0.1, 0.15) is 43.9 Å². The Kier molecular flexibility index (Phi) is 8.89. The molecule has 0 heterocycles. The lowest BCUT2D eigenvalue weighted by Gasteiger charge is -2.22. The highest BCUT2D eigenvalue weighted by Crippen LogP contribution is 2.37. The molecule has 0 aliphatic rings. The number of benzene rings is 4. The van der Waals surface area contributed by atoms with Crippen molar-refractivity contribution >= 4 is 33.4 Å². The molecule has 208 valence electrons. The highest BCUT2D eigenvalue weighted by molar-refractivity contribution is 7.92. The van der Waals surface area contributed by atoms with Crippen LogP contribution >= 0.6 is 0 Å². The Morgan fingerprint density at radius 3 is 1.32 bits per heavy atom. The van der Waals surface area contributed by atoms with Crippen molar-refractivity contribution in [1.82, 2.24) is 0 Å². The van der Waals surface area contributed by atoms with E-state index in [9.17, 15) is 28.6 Å². The molecule has 0 aliphatic heterocycles. The summed E-state index contributed by atoms with van der Waals surface area (Å²) in [5.74, 6) is 0. The molecule has 0 spiro atoms. The summed E-state index contributed by atoms with van der Waals surface area (Å²) in [4.78, 5) is 21.5. The van der Waals surface area contributed by atoms with E-state index in [0.717, 1.165) is 11.1 Å². The maximum absolute atomic E-state index is 14.5. The largest absolute Gasteiger partial charge is 0.270 e. The Bertz CT molecular complexity index is 1600. The summed E-state index contributed by atoms with van der Waals surface area (Å²) in [5, 5.41) is 20.3. The van der Waals surface area contributed by atoms with Crippen LogP contribution < -0.4 is 0 Å². The fourth-order valence-electron chi connectivity index (χ4n) is 4.37. The van der Waals surface area contributed by atoms with Gasteiger partial charge in [0.2, 0.25) is 0 Å². The minimum absolute atomic E-state index is 0.0979. The minimum atomic E-state index is -4.03. The molecule has 9 heteroatoms. The lowest BCUT2D eigenvalue weighted by atomic mass is 10.1. The second-order valence-corrected chi connectivity index (χ2v) is 11.9. The van der Waals surface area contributed by atoms with E-state index < -0.39 is 30.2 Å². The van der Waals surface area contributed by atoms with Gasteiger partial charge < -0.3 is 0 Å². The second-order valence-electron chi connectivity index (χ2n) is 9.67. The summed E-state index contributed by atoms with van der Waals surface area (Å²) < 4.78 is 29.0. The Balaban J connectivity index is 1.83. The number of non-ortho nitro benzene ring substituents is 2. The normalized spacial score (nSPS) is 13.3. The van der Waals surface area contributed by atoms with Gasteiger partial charge in [-0.25, -0.2) is 8.42 Å². The maximum Gasteiger partial charge on any atom is 0.270 e. The molecule has 0 N–H and O–H groups in total. The van der Waals surface area contributed by atoms with Crippen molar-refractivity contribution in [1.29, 1.82) is 0 Å². The molecule has 8 nitrogen and oxygen atoms in total. The number of hydrogen-bond donors (Lipinski definition) is 0. The van der Waals surface area contributed by atoms with Crippen LogP contribution in [0.25, 0.3) is 12.2 Å². The van der Waals surface area contributed by atoms with E-state index in [-0.39, 0.29) is 11.4 Å². The molecule has 0 aliphatic carbocycles. The first-order valence-corrected chi connectivity index (χ1v) is 14.4. The highest BCUT2D eigenvalue weighted by atomic mass is 32.2. The summed E-state index contributed by atoms with van der Waals surface area (Å²) in [6, 6.07) is 26.3. The van der Waals surface area contributed by atoms with E-state index >= 15 is 0 Å². The number of aryl methyl sites for hydroxylation is 2. The van der Waals surface area contributed by atoms with Crippen LogP contribution in [0.5, 0.6) is 0 Å². The van der Waals surface area contributed by atoms with Gasteiger partial charge in [-0.1, -0.05) is 108 Å². The van der Waals surface area contributed by atoms with Gasteiger partial charge in [-0.15, -0.1) is 0 Å². The van der Waals surface area contributed by atoms with Crippen molar-refractivity contribution < 1.29 is 18.3 Å². The monoisotopic (exact) mass is 568 g/mol. The molecule has 0 saturated heterocycles. The van der Waals surface area contributed by atoms with Gasteiger partial charge in [0.15, 0.2) is 9.84 Å². The molecule has 4 aromatic rings. The fourth-order valence-corrected chi connectivity index (χ4v) is 6.36. The van der Waals surface area contributed by atoms with E-state index in [1.54, 1.807) is 72.8 Å². The van der Waals surface area contributed by atoms with Gasteiger partial charge in [0.1, 0.15) is 10.5 Å². The van der Waals surface area contributed by atoms with Gasteiger partial charge in [0, 0.05) is 24.3 Å². The summed E-state index contributed by atoms with van der Waals surface area (Å²) in [5.41, 5.74) is 3.80. The molecule has 0 bridgehead atoms. The molecule has 4 aromatic carbocycles. The Labute approximate surface area is 238 Å². The third-order valence-corrected chi connectivity index (χ3v) is 8.88. The molecule has 41 heavy (non-hydrogen) atoms. The number of nitro groups is 2. The zero-order valence-corrected chi connectivity index (χ0v) is 23.3. The molecule has 2 unspecified atom stereocenters. The summed E-state index contributed by atoms with van der Waals surface area (Å²) >= 11 is 0. The van der Waals surface area contributed by atoms with Crippen molar-refractivity contribution in [3.63, 3.8) is 0 Å². The zero-order valence-electron chi connectivity index (χ0n) is 22.5. The lowest BCUT2D eigenvalue weighted by Crippen LogP contribution is -2.19. The predicted octanol–water partition coefficient (Wildman–Crippen LogP) is 7.74. The SMILES string of the molecule is Cc1ccc(C(/C=C/c2cccc([N+](=O)[O-])c2)S(=O)(=O)C(/C=C/c2cccc([N+](=O)[O-])c2)c2ccc(C)cc2)cc1. The van der Waals surface area contributed by atoms with E-state index in [1.165, 1.54) is 24.3 Å². The molecular weight excluding hydrogens is 540 g/mol. The molecule has 0 fully saturated rings. The van der Waals surface area contributed by atoms with E-state index in [0.29, 0.717) is 22.3 Å². The van der Waals surface area contributed by atoms with Crippen LogP contribution in [-0.4, -0.2) is 18.3 Å². The average Bonchev–Trinajstić information content (AvgIpc) is 2.95. The summed E-state index contributed by atoms with van der Waals surface area (Å²) in [6.07, 6.45) is 6.24. The number of nitro benzene ring substituents is 2. The van der Waals surface area contributed by atoms with Gasteiger partial charge in [-0.3, -0.25) is 20.2 Å². The summed E-state index contributed by atoms with van der Waals surface area (Å²) in [7, 11) is -4.03. The van der Waals surface area contributed by atoms with E-state index in [2.05, 4.69) is 0 Å². The van der Waals surface area contributed by atoms with Gasteiger partial charge in [0.05, 0.1) is 9.85 Å². The highest BCUT2D eigenvalue weighted by Gasteiger charge is 2.33. The van der Waals surface area contributed by atoms with Crippen molar-refractivity contribution in [3.05, 3.63) is 163 Å². The van der Waals surface area contributed by atoms with Crippen molar-refractivity contribution in [2.45, 2.75) is 24.3 Å². The van der Waals surface area contributed by atoms with Crippen LogP contribution in [0.2, 0.25) is 0 Å². The summed E-state index contributed by atoms with van der Waals surface area (Å²) in [6.45, 7) is 3.81. The van der Waals surface area contributed by atoms with Crippen LogP contribution in [0.15, 0.2) is 109 Å². The Hall–Kier alpha value is -4.89. The third kappa shape index (κ3) is 7.20. The van der Waals surface area contributed by atoms with Crippen LogP contribution in [-0.2, 0) is 9.84 Å². The van der Waals surface area contributed by atoms with Crippen LogP contribution in [0.3, 0.4) is 0 Å². The number of rotatable bonds is 10. The van der Waals surface area contributed by atoms with Crippen molar-refractivity contribution in [3.8, 4) is 0 Å². The number of sulfone groups is 1. The molecule has 0 saturated carbocycles. The average molecular weight is 569 g/mol. The Morgan fingerprint density at radius 2 is 0.976 bits per heavy atom. The molecule has 0 amide bonds. The topological polar surface area (TPSA) is 120 Å². The first-order valence-electron chi connectivity index (χ1n) is 12.8. The van der Waals surface area contributed by atoms with E-state index in [1.807, 2.05) is 38.1 Å². The first kappa shape index (κ1) is 29.1. The zero-order chi connectivity index (χ0) is 29.6. The van der Waals surface area contributed by atoms with Crippen LogP contribution in [0.4, 0.5) is 11.4 Å². The first-order chi connectivity index (χ1) is 19.5. The standard InChI is InChI=1S/C32H28N2O6S/c1-23-9-15-27(16-10-23)31(19-13-25-5-3-7-29(21-25)33(35)36)41(39,40)32(28-17-11-24(2)12-18-28)20-14-26-6-4-8-30(22-26)34(37)38/h3-22,31-32H,1-2H3/b19-13+,20-14+. The minimum Gasteiger partial charge on any atom is -0.258 e. The van der Waals surface area contributed by atoms with Crippen molar-refractivity contribution in [2.75, 3.05) is 0 Å². The number of nitrogens with zero attached hydrogens (tertiary/aromatic N) is 2. The molecule has 0 aromatic heterocycles. The van der Waals surface area contributed by atoms with Crippen molar-refractivity contribution in [2.24, 2.45) is 0 Å². The molecular formula is C32H28N2O6S. The quantitative estimate of drug-likeness (QED) is 0.142. The van der Waals surface area contributed by atoms with Crippen LogP contribution in [0, 0.1) is 34.1 Å². The van der Waals surface area contributed by atoms with Gasteiger partial charge in [-0.05, 0) is 36.1 Å². The second kappa shape index (κ2) is 12.5. The molecule has 2 atom stereocenters. The van der Waals surface area contributed by atoms with Gasteiger partial charge in [-0.2, -0.15) is 0 Å². The van der Waals surface area contributed by atoms with Gasteiger partial charge >= 0.3 is 0 Å². The Morgan fingerprint density at radius 1 is 0.610 bits per heavy atom. The van der Waals surface area contributed by atoms with E-state index in [4.69, 9.17) is 0 Å². The lowest BCUT2D eigenvalue weighted by molar-refractivity contribution is -0.385. The van der Waals surface area contributed by atoms with Gasteiger partial charge in [0.25, 0.3) is 11.4 Å².